The van der Waals surface area contributed by atoms with E-state index in [-0.39, 0.29) is 5.82 Å². The van der Waals surface area contributed by atoms with E-state index in [2.05, 4.69) is 19.9 Å². The molecule has 0 N–H and O–H groups in total. The molecule has 3 heterocycles. The number of rotatable bonds is 2. The van der Waals surface area contributed by atoms with Crippen molar-refractivity contribution in [2.75, 3.05) is 0 Å². The Balaban J connectivity index is 1.81. The van der Waals surface area contributed by atoms with Crippen molar-refractivity contribution in [2.24, 2.45) is 0 Å². The van der Waals surface area contributed by atoms with E-state index in [1.807, 2.05) is 30.3 Å². The lowest BCUT2D eigenvalue weighted by molar-refractivity contribution is 0.629. The highest BCUT2D eigenvalue weighted by molar-refractivity contribution is 5.79. The highest BCUT2D eigenvalue weighted by Gasteiger charge is 2.09. The predicted octanol–water partition coefficient (Wildman–Crippen LogP) is 3.89. The van der Waals surface area contributed by atoms with Gasteiger partial charge in [-0.2, -0.15) is 0 Å². The Hall–Kier alpha value is -3.21. The van der Waals surface area contributed by atoms with Crippen molar-refractivity contribution in [1.82, 2.24) is 19.9 Å². The molecule has 0 radical (unpaired) electrons. The summed E-state index contributed by atoms with van der Waals surface area (Å²) in [5.74, 6) is -0.338. The van der Waals surface area contributed by atoms with E-state index in [1.165, 1.54) is 18.5 Å². The normalized spacial score (nSPS) is 10.8. The van der Waals surface area contributed by atoms with Crippen LogP contribution in [0.15, 0.2) is 67.3 Å². The second-order valence-electron chi connectivity index (χ2n) is 5.04. The van der Waals surface area contributed by atoms with Gasteiger partial charge < -0.3 is 0 Å². The molecule has 0 saturated carbocycles. The summed E-state index contributed by atoms with van der Waals surface area (Å²) in [6.45, 7) is 0. The fraction of sp³-hybridized carbons (Fsp3) is 0. The summed E-state index contributed by atoms with van der Waals surface area (Å²) in [4.78, 5) is 17.2. The fourth-order valence-electron chi connectivity index (χ4n) is 2.39. The van der Waals surface area contributed by atoms with Gasteiger partial charge in [-0.05, 0) is 12.1 Å². The van der Waals surface area contributed by atoms with E-state index in [0.717, 1.165) is 11.3 Å². The van der Waals surface area contributed by atoms with E-state index in [0.29, 0.717) is 22.3 Å². The lowest BCUT2D eigenvalue weighted by Crippen LogP contribution is -1.93. The van der Waals surface area contributed by atoms with Crippen LogP contribution in [0.2, 0.25) is 0 Å². The SMILES string of the molecule is Fc1ccncc1-c1cnc2nc(-c3ccccc3)cnc2c1. The Morgan fingerprint density at radius 3 is 2.52 bits per heavy atom. The van der Waals surface area contributed by atoms with E-state index >= 15 is 0 Å². The number of benzene rings is 1. The molecule has 4 nitrogen and oxygen atoms in total. The first-order valence-electron chi connectivity index (χ1n) is 7.09. The Morgan fingerprint density at radius 2 is 1.70 bits per heavy atom. The smallest absolute Gasteiger partial charge is 0.178 e. The number of hydrogen-bond acceptors (Lipinski definition) is 4. The molecule has 0 aliphatic heterocycles. The average Bonchev–Trinajstić information content (AvgIpc) is 2.62. The van der Waals surface area contributed by atoms with Crippen LogP contribution in [-0.2, 0) is 0 Å². The maximum Gasteiger partial charge on any atom is 0.178 e. The third kappa shape index (κ3) is 2.53. The number of fused-ring (bicyclic) bond motifs is 1. The molecule has 5 heteroatoms. The van der Waals surface area contributed by atoms with Crippen LogP contribution in [0.4, 0.5) is 4.39 Å². The zero-order valence-corrected chi connectivity index (χ0v) is 12.0. The molecule has 0 aliphatic rings. The molecule has 3 aromatic heterocycles. The van der Waals surface area contributed by atoms with Crippen molar-refractivity contribution in [1.29, 1.82) is 0 Å². The van der Waals surface area contributed by atoms with Crippen LogP contribution in [0.5, 0.6) is 0 Å². The van der Waals surface area contributed by atoms with Gasteiger partial charge in [0.15, 0.2) is 5.65 Å². The van der Waals surface area contributed by atoms with Gasteiger partial charge in [0.05, 0.1) is 11.9 Å². The van der Waals surface area contributed by atoms with Crippen LogP contribution < -0.4 is 0 Å². The van der Waals surface area contributed by atoms with Gasteiger partial charge in [-0.25, -0.2) is 14.4 Å². The number of nitrogens with zero attached hydrogens (tertiary/aromatic N) is 4. The largest absolute Gasteiger partial charge is 0.264 e. The first-order chi connectivity index (χ1) is 11.3. The van der Waals surface area contributed by atoms with Crippen LogP contribution in [-0.4, -0.2) is 19.9 Å². The van der Waals surface area contributed by atoms with Gasteiger partial charge in [-0.15, -0.1) is 0 Å². The van der Waals surface area contributed by atoms with Crippen LogP contribution in [0, 0.1) is 5.82 Å². The molecule has 110 valence electrons. The van der Waals surface area contributed by atoms with Gasteiger partial charge in [0.1, 0.15) is 11.3 Å². The number of hydrogen-bond donors (Lipinski definition) is 0. The summed E-state index contributed by atoms with van der Waals surface area (Å²) in [6.07, 6.45) is 6.18. The van der Waals surface area contributed by atoms with Crippen molar-refractivity contribution in [3.8, 4) is 22.4 Å². The quantitative estimate of drug-likeness (QED) is 0.563. The summed E-state index contributed by atoms with van der Waals surface area (Å²) in [5.41, 5.74) is 3.91. The molecular formula is C18H11FN4. The number of halogens is 1. The third-order valence-corrected chi connectivity index (χ3v) is 3.55. The molecule has 0 saturated heterocycles. The maximum absolute atomic E-state index is 13.9. The van der Waals surface area contributed by atoms with E-state index < -0.39 is 0 Å². The van der Waals surface area contributed by atoms with Crippen molar-refractivity contribution >= 4 is 11.2 Å². The number of aromatic nitrogens is 4. The fourth-order valence-corrected chi connectivity index (χ4v) is 2.39. The molecule has 4 aromatic rings. The van der Waals surface area contributed by atoms with Gasteiger partial charge in [0.25, 0.3) is 0 Å². The van der Waals surface area contributed by atoms with Crippen LogP contribution >= 0.6 is 0 Å². The molecule has 0 fully saturated rings. The van der Waals surface area contributed by atoms with E-state index in [4.69, 9.17) is 0 Å². The summed E-state index contributed by atoms with van der Waals surface area (Å²) in [6, 6.07) is 12.9. The first-order valence-corrected chi connectivity index (χ1v) is 7.09. The van der Waals surface area contributed by atoms with E-state index in [1.54, 1.807) is 18.5 Å². The minimum atomic E-state index is -0.338. The Morgan fingerprint density at radius 1 is 0.826 bits per heavy atom. The highest BCUT2D eigenvalue weighted by atomic mass is 19.1. The zero-order chi connectivity index (χ0) is 15.6. The molecule has 0 unspecified atom stereocenters. The maximum atomic E-state index is 13.9. The van der Waals surface area contributed by atoms with Crippen molar-refractivity contribution in [3.05, 3.63) is 73.1 Å². The van der Waals surface area contributed by atoms with Crippen LogP contribution in [0.25, 0.3) is 33.5 Å². The summed E-state index contributed by atoms with van der Waals surface area (Å²) >= 11 is 0. The minimum Gasteiger partial charge on any atom is -0.264 e. The monoisotopic (exact) mass is 302 g/mol. The van der Waals surface area contributed by atoms with Gasteiger partial charge in [0, 0.05) is 35.3 Å². The molecule has 0 atom stereocenters. The molecule has 0 amide bonds. The highest BCUT2D eigenvalue weighted by Crippen LogP contribution is 2.24. The summed E-state index contributed by atoms with van der Waals surface area (Å²) < 4.78 is 13.9. The lowest BCUT2D eigenvalue weighted by atomic mass is 10.1. The third-order valence-electron chi connectivity index (χ3n) is 3.55. The molecule has 0 spiro atoms. The van der Waals surface area contributed by atoms with Gasteiger partial charge in [-0.3, -0.25) is 9.97 Å². The number of pyridine rings is 2. The minimum absolute atomic E-state index is 0.338. The van der Waals surface area contributed by atoms with Gasteiger partial charge >= 0.3 is 0 Å². The van der Waals surface area contributed by atoms with Gasteiger partial charge in [-0.1, -0.05) is 30.3 Å². The topological polar surface area (TPSA) is 51.6 Å². The standard InChI is InChI=1S/C18H11FN4/c19-15-6-7-20-10-14(15)13-8-16-18(22-9-13)23-17(11-21-16)12-4-2-1-3-5-12/h1-11H. The van der Waals surface area contributed by atoms with Crippen LogP contribution in [0.3, 0.4) is 0 Å². The lowest BCUT2D eigenvalue weighted by Gasteiger charge is -2.05. The van der Waals surface area contributed by atoms with E-state index in [9.17, 15) is 4.39 Å². The Labute approximate surface area is 131 Å². The molecule has 1 aromatic carbocycles. The van der Waals surface area contributed by atoms with Gasteiger partial charge in [0.2, 0.25) is 0 Å². The second-order valence-corrected chi connectivity index (χ2v) is 5.04. The zero-order valence-electron chi connectivity index (χ0n) is 12.0. The first kappa shape index (κ1) is 13.5. The van der Waals surface area contributed by atoms with Crippen molar-refractivity contribution < 1.29 is 4.39 Å². The molecule has 4 rings (SSSR count). The van der Waals surface area contributed by atoms with Crippen molar-refractivity contribution in [2.45, 2.75) is 0 Å². The molecule has 0 bridgehead atoms. The second kappa shape index (κ2) is 5.53. The Kier molecular flexibility index (Phi) is 3.24. The summed E-state index contributed by atoms with van der Waals surface area (Å²) in [5, 5.41) is 0. The molecule has 23 heavy (non-hydrogen) atoms. The molecule has 0 aliphatic carbocycles. The summed E-state index contributed by atoms with van der Waals surface area (Å²) in [7, 11) is 0. The average molecular weight is 302 g/mol. The van der Waals surface area contributed by atoms with Crippen LogP contribution in [0.1, 0.15) is 0 Å². The Bertz CT molecular complexity index is 986. The van der Waals surface area contributed by atoms with Crippen molar-refractivity contribution in [3.63, 3.8) is 0 Å². The molecular weight excluding hydrogens is 291 g/mol. The predicted molar refractivity (Wildman–Crippen MR) is 86.0 cm³/mol.